The molecule has 0 atom stereocenters. The van der Waals surface area contributed by atoms with E-state index in [-0.39, 0.29) is 11.8 Å². The molecule has 4 aromatic rings. The maximum atomic E-state index is 14.1. The Morgan fingerprint density at radius 2 is 1.48 bits per heavy atom. The summed E-state index contributed by atoms with van der Waals surface area (Å²) >= 11 is 6.49. The Kier molecular flexibility index (Phi) is 10.6. The lowest BCUT2D eigenvalue weighted by atomic mass is 10.1. The van der Waals surface area contributed by atoms with Crippen LogP contribution in [0.3, 0.4) is 0 Å². The summed E-state index contributed by atoms with van der Waals surface area (Å²) in [5.41, 5.74) is 7.22. The van der Waals surface area contributed by atoms with E-state index in [2.05, 4.69) is 71.8 Å². The zero-order valence-corrected chi connectivity index (χ0v) is 26.9. The van der Waals surface area contributed by atoms with Crippen LogP contribution < -0.4 is 4.90 Å². The van der Waals surface area contributed by atoms with Crippen molar-refractivity contribution in [3.63, 3.8) is 0 Å². The third-order valence-corrected chi connectivity index (χ3v) is 8.74. The first-order chi connectivity index (χ1) is 21.3. The molecule has 0 N–H and O–H groups in total. The molecule has 0 radical (unpaired) electrons. The monoisotopic (exact) mass is 610 g/mol. The third-order valence-electron chi connectivity index (χ3n) is 8.50. The van der Waals surface area contributed by atoms with Gasteiger partial charge in [0.2, 0.25) is 5.91 Å². The zero-order valence-electron chi connectivity index (χ0n) is 26.1. The van der Waals surface area contributed by atoms with E-state index in [0.717, 1.165) is 55.8 Å². The van der Waals surface area contributed by atoms with Crippen molar-refractivity contribution in [1.29, 1.82) is 0 Å². The third kappa shape index (κ3) is 7.79. The van der Waals surface area contributed by atoms with Crippen molar-refractivity contribution < 1.29 is 9.59 Å². The Hall–Kier alpha value is -3.87. The number of amides is 2. The molecule has 0 aliphatic carbocycles. The number of anilines is 1. The molecule has 0 spiro atoms. The highest BCUT2D eigenvalue weighted by Crippen LogP contribution is 2.29. The molecule has 5 rings (SSSR count). The second-order valence-electron chi connectivity index (χ2n) is 11.8. The predicted octanol–water partition coefficient (Wildman–Crippen LogP) is 7.49. The normalized spacial score (nSPS) is 14.6. The molecular formula is C37H43ClN4O2. The number of hydrogen-bond acceptors (Lipinski definition) is 3. The molecule has 0 unspecified atom stereocenters. The largest absolute Gasteiger partial charge is 0.345 e. The summed E-state index contributed by atoms with van der Waals surface area (Å²) in [6.07, 6.45) is 2.07. The fourth-order valence-electron chi connectivity index (χ4n) is 6.00. The molecule has 0 fully saturated rings. The maximum Gasteiger partial charge on any atom is 0.254 e. The fraction of sp³-hybridized carbons (Fsp3) is 0.351. The molecule has 6 nitrogen and oxygen atoms in total. The summed E-state index contributed by atoms with van der Waals surface area (Å²) in [4.78, 5) is 33.8. The van der Waals surface area contributed by atoms with Crippen molar-refractivity contribution in [2.45, 2.75) is 59.7 Å². The highest BCUT2D eigenvalue weighted by atomic mass is 35.5. The van der Waals surface area contributed by atoms with Crippen LogP contribution in [0.25, 0.3) is 0 Å². The lowest BCUT2D eigenvalue weighted by Gasteiger charge is -2.28. The van der Waals surface area contributed by atoms with Crippen LogP contribution in [-0.2, 0) is 24.4 Å². The highest BCUT2D eigenvalue weighted by molar-refractivity contribution is 6.31. The number of aromatic nitrogens is 1. The summed E-state index contributed by atoms with van der Waals surface area (Å²) in [6.45, 7) is 10.9. The van der Waals surface area contributed by atoms with E-state index in [1.54, 1.807) is 0 Å². The summed E-state index contributed by atoms with van der Waals surface area (Å²) < 4.78 is 2.28. The van der Waals surface area contributed by atoms with Crippen molar-refractivity contribution in [3.05, 3.63) is 124 Å². The van der Waals surface area contributed by atoms with Crippen LogP contribution in [0.5, 0.6) is 0 Å². The van der Waals surface area contributed by atoms with E-state index in [9.17, 15) is 9.59 Å². The molecule has 7 heteroatoms. The number of benzene rings is 3. The Morgan fingerprint density at radius 1 is 0.773 bits per heavy atom. The Bertz CT molecular complexity index is 1540. The van der Waals surface area contributed by atoms with Gasteiger partial charge in [-0.2, -0.15) is 0 Å². The van der Waals surface area contributed by atoms with Crippen LogP contribution in [0, 0.1) is 13.8 Å². The van der Waals surface area contributed by atoms with E-state index in [0.29, 0.717) is 36.6 Å². The smallest absolute Gasteiger partial charge is 0.254 e. The molecule has 230 valence electrons. The first-order valence-electron chi connectivity index (χ1n) is 15.7. The lowest BCUT2D eigenvalue weighted by molar-refractivity contribution is -0.118. The Balaban J connectivity index is 1.44. The molecule has 0 saturated carbocycles. The van der Waals surface area contributed by atoms with Gasteiger partial charge in [0.25, 0.3) is 5.91 Å². The minimum atomic E-state index is -0.0175. The molecule has 1 aliphatic heterocycles. The van der Waals surface area contributed by atoms with E-state index in [1.807, 2.05) is 53.1 Å². The quantitative estimate of drug-likeness (QED) is 0.218. The first-order valence-corrected chi connectivity index (χ1v) is 16.1. The average molecular weight is 611 g/mol. The van der Waals surface area contributed by atoms with Gasteiger partial charge < -0.3 is 14.4 Å². The van der Waals surface area contributed by atoms with Gasteiger partial charge in [-0.25, -0.2) is 0 Å². The van der Waals surface area contributed by atoms with Crippen molar-refractivity contribution in [2.75, 3.05) is 31.1 Å². The maximum absolute atomic E-state index is 14.1. The number of fused-ring (bicyclic) bond motifs is 1. The molecule has 0 bridgehead atoms. The number of carbonyl (C=O) groups is 2. The average Bonchev–Trinajstić information content (AvgIpc) is 3.32. The SMILES string of the molecule is CCCC(=O)N1CCCN(Cc2ccccc2)CCN(C(=O)c2ccc(Cn3c(C)ccc3C)cc2)Cc2ccc(Cl)cc21. The first kappa shape index (κ1) is 31.6. The zero-order chi connectivity index (χ0) is 31.1. The van der Waals surface area contributed by atoms with Crippen LogP contribution in [0.15, 0.2) is 84.9 Å². The van der Waals surface area contributed by atoms with Gasteiger partial charge in [-0.15, -0.1) is 0 Å². The minimum absolute atomic E-state index is 0.0175. The number of hydrogen-bond donors (Lipinski definition) is 0. The van der Waals surface area contributed by atoms with Gasteiger partial charge >= 0.3 is 0 Å². The second-order valence-corrected chi connectivity index (χ2v) is 12.2. The molecule has 44 heavy (non-hydrogen) atoms. The Labute approximate surface area is 266 Å². The molecular weight excluding hydrogens is 568 g/mol. The van der Waals surface area contributed by atoms with Gasteiger partial charge in [0.1, 0.15) is 0 Å². The van der Waals surface area contributed by atoms with E-state index in [4.69, 9.17) is 11.6 Å². The van der Waals surface area contributed by atoms with E-state index >= 15 is 0 Å². The number of aryl methyl sites for hydroxylation is 2. The Morgan fingerprint density at radius 3 is 2.18 bits per heavy atom. The van der Waals surface area contributed by atoms with Crippen LogP contribution >= 0.6 is 11.6 Å². The molecule has 1 aromatic heterocycles. The molecule has 3 aromatic carbocycles. The van der Waals surface area contributed by atoms with E-state index < -0.39 is 0 Å². The van der Waals surface area contributed by atoms with Gasteiger partial charge in [-0.3, -0.25) is 14.5 Å². The molecule has 1 aliphatic rings. The molecule has 0 saturated heterocycles. The predicted molar refractivity (Wildman–Crippen MR) is 179 cm³/mol. The van der Waals surface area contributed by atoms with Crippen molar-refractivity contribution in [2.24, 2.45) is 0 Å². The number of rotatable bonds is 7. The highest BCUT2D eigenvalue weighted by Gasteiger charge is 2.24. The van der Waals surface area contributed by atoms with Crippen LogP contribution in [0.1, 0.15) is 64.6 Å². The molecule has 2 heterocycles. The van der Waals surface area contributed by atoms with Crippen LogP contribution in [0.2, 0.25) is 5.02 Å². The summed E-state index contributed by atoms with van der Waals surface area (Å²) in [5, 5.41) is 0.584. The van der Waals surface area contributed by atoms with Crippen molar-refractivity contribution in [1.82, 2.24) is 14.4 Å². The van der Waals surface area contributed by atoms with Crippen LogP contribution in [-0.4, -0.2) is 52.4 Å². The molecule has 2 amide bonds. The van der Waals surface area contributed by atoms with Crippen molar-refractivity contribution in [3.8, 4) is 0 Å². The summed E-state index contributed by atoms with van der Waals surface area (Å²) in [6, 6.07) is 28.4. The minimum Gasteiger partial charge on any atom is -0.345 e. The van der Waals surface area contributed by atoms with Gasteiger partial charge in [0, 0.05) is 74.2 Å². The van der Waals surface area contributed by atoms with Gasteiger partial charge in [-0.1, -0.05) is 67.1 Å². The van der Waals surface area contributed by atoms with E-state index in [1.165, 1.54) is 17.0 Å². The topological polar surface area (TPSA) is 48.8 Å². The van der Waals surface area contributed by atoms with Crippen molar-refractivity contribution >= 4 is 29.1 Å². The number of carbonyl (C=O) groups excluding carboxylic acids is 2. The standard InChI is InChI=1S/C37H43ClN4O2/c1-4-9-36(43)41-21-8-20-39(25-30-10-6-5-7-11-30)22-23-40(27-33-18-19-34(38)24-35(33)41)37(44)32-16-14-31(15-17-32)26-42-28(2)12-13-29(42)3/h5-7,10-19,24H,4,8-9,20-23,25-27H2,1-3H3. The second kappa shape index (κ2) is 14.7. The van der Waals surface area contributed by atoms with Gasteiger partial charge in [-0.05, 0) is 79.8 Å². The lowest BCUT2D eigenvalue weighted by Crippen LogP contribution is -2.38. The van der Waals surface area contributed by atoms with Crippen LogP contribution in [0.4, 0.5) is 5.69 Å². The van der Waals surface area contributed by atoms with Gasteiger partial charge in [0.15, 0.2) is 0 Å². The summed E-state index contributed by atoms with van der Waals surface area (Å²) in [5.74, 6) is 0.0719. The number of halogens is 1. The summed E-state index contributed by atoms with van der Waals surface area (Å²) in [7, 11) is 0. The number of nitrogens with zero attached hydrogens (tertiary/aromatic N) is 4. The fourth-order valence-corrected chi connectivity index (χ4v) is 6.17. The van der Waals surface area contributed by atoms with Gasteiger partial charge in [0.05, 0.1) is 5.69 Å².